The fraction of sp³-hybridized carbons (Fsp3) is 0.158. The van der Waals surface area contributed by atoms with Crippen LogP contribution < -0.4 is 10.0 Å². The Kier molecular flexibility index (Phi) is 5.68. The Labute approximate surface area is 157 Å². The van der Waals surface area contributed by atoms with Crippen molar-refractivity contribution in [2.45, 2.75) is 13.1 Å². The molecule has 0 spiro atoms. The number of carbonyl (C=O) groups is 1. The second kappa shape index (κ2) is 8.15. The Morgan fingerprint density at radius 2 is 1.74 bits per heavy atom. The molecular formula is C19H19N3O4S. The molecule has 1 aromatic heterocycles. The predicted molar refractivity (Wildman–Crippen MR) is 101 cm³/mol. The molecule has 0 saturated carbocycles. The zero-order valence-corrected chi connectivity index (χ0v) is 15.5. The summed E-state index contributed by atoms with van der Waals surface area (Å²) >= 11 is 0. The van der Waals surface area contributed by atoms with Gasteiger partial charge < -0.3 is 9.84 Å². The molecule has 0 fully saturated rings. The first-order valence-electron chi connectivity index (χ1n) is 8.23. The molecule has 1 amide bonds. The predicted octanol–water partition coefficient (Wildman–Crippen LogP) is 2.32. The van der Waals surface area contributed by atoms with Crippen molar-refractivity contribution < 1.29 is 17.7 Å². The largest absolute Gasteiger partial charge is 0.363 e. The van der Waals surface area contributed by atoms with Crippen molar-refractivity contribution in [1.82, 2.24) is 15.2 Å². The summed E-state index contributed by atoms with van der Waals surface area (Å²) < 4.78 is 29.8. The van der Waals surface area contributed by atoms with Gasteiger partial charge in [-0.1, -0.05) is 59.8 Å². The summed E-state index contributed by atoms with van der Waals surface area (Å²) in [4.78, 5) is 12.5. The minimum atomic E-state index is -3.26. The van der Waals surface area contributed by atoms with E-state index in [1.54, 1.807) is 0 Å². The average molecular weight is 385 g/mol. The minimum Gasteiger partial charge on any atom is -0.363 e. The topological polar surface area (TPSA) is 101 Å². The molecule has 7 nitrogen and oxygen atoms in total. The minimum absolute atomic E-state index is 0.199. The van der Waals surface area contributed by atoms with Crippen molar-refractivity contribution in [3.05, 3.63) is 77.6 Å². The molecule has 0 unspecified atom stereocenters. The van der Waals surface area contributed by atoms with Crippen LogP contribution in [0.15, 0.2) is 65.4 Å². The maximum Gasteiger partial charge on any atom is 0.257 e. The maximum atomic E-state index is 12.5. The zero-order valence-electron chi connectivity index (χ0n) is 14.7. The lowest BCUT2D eigenvalue weighted by molar-refractivity contribution is 0.0951. The number of hydrogen-bond acceptors (Lipinski definition) is 5. The summed E-state index contributed by atoms with van der Waals surface area (Å²) in [7, 11) is -3.26. The third kappa shape index (κ3) is 5.25. The molecule has 0 aliphatic heterocycles. The van der Waals surface area contributed by atoms with Crippen LogP contribution in [0.5, 0.6) is 0 Å². The van der Waals surface area contributed by atoms with Crippen molar-refractivity contribution >= 4 is 15.9 Å². The van der Waals surface area contributed by atoms with Crippen LogP contribution in [0.25, 0.3) is 11.3 Å². The normalized spacial score (nSPS) is 11.3. The van der Waals surface area contributed by atoms with Crippen molar-refractivity contribution in [2.75, 3.05) is 6.26 Å². The van der Waals surface area contributed by atoms with Crippen molar-refractivity contribution in [3.63, 3.8) is 0 Å². The first-order valence-corrected chi connectivity index (χ1v) is 10.1. The number of sulfonamides is 1. The van der Waals surface area contributed by atoms with Gasteiger partial charge in [0.1, 0.15) is 17.5 Å². The zero-order chi connectivity index (χ0) is 19.3. The lowest BCUT2D eigenvalue weighted by atomic mass is 10.1. The standard InChI is InChI=1S/C19H19N3O4S/c1-27(24,25)21-12-15-7-5-6-14(10-15)11-20-19(23)17-13-26-22-18(17)16-8-3-2-4-9-16/h2-10,13,21H,11-12H2,1H3,(H,20,23). The highest BCUT2D eigenvalue weighted by Gasteiger charge is 2.17. The number of carbonyl (C=O) groups excluding carboxylic acids is 1. The van der Waals surface area contributed by atoms with Crippen LogP contribution in [0.1, 0.15) is 21.5 Å². The van der Waals surface area contributed by atoms with E-state index in [1.807, 2.05) is 54.6 Å². The summed E-state index contributed by atoms with van der Waals surface area (Å²) in [5.41, 5.74) is 3.30. The van der Waals surface area contributed by atoms with Gasteiger partial charge in [0.15, 0.2) is 0 Å². The van der Waals surface area contributed by atoms with Crippen LogP contribution in [0.4, 0.5) is 0 Å². The van der Waals surface area contributed by atoms with E-state index in [4.69, 9.17) is 4.52 Å². The number of nitrogens with zero attached hydrogens (tertiary/aromatic N) is 1. The Hall–Kier alpha value is -2.97. The van der Waals surface area contributed by atoms with Crippen molar-refractivity contribution in [3.8, 4) is 11.3 Å². The maximum absolute atomic E-state index is 12.5. The number of benzene rings is 2. The molecule has 140 valence electrons. The second-order valence-corrected chi connectivity index (χ2v) is 7.87. The summed E-state index contributed by atoms with van der Waals surface area (Å²) in [5.74, 6) is -0.297. The van der Waals surface area contributed by atoms with E-state index in [1.165, 1.54) is 6.26 Å². The highest BCUT2D eigenvalue weighted by molar-refractivity contribution is 7.88. The van der Waals surface area contributed by atoms with Crippen LogP contribution in [-0.2, 0) is 23.1 Å². The summed E-state index contributed by atoms with van der Waals surface area (Å²) in [6, 6.07) is 16.6. The summed E-state index contributed by atoms with van der Waals surface area (Å²) in [6.07, 6.45) is 2.43. The molecular weight excluding hydrogens is 366 g/mol. The summed E-state index contributed by atoms with van der Waals surface area (Å²) in [6.45, 7) is 0.495. The smallest absolute Gasteiger partial charge is 0.257 e. The first-order chi connectivity index (χ1) is 12.9. The lowest BCUT2D eigenvalue weighted by Crippen LogP contribution is -2.23. The van der Waals surface area contributed by atoms with E-state index in [9.17, 15) is 13.2 Å². The van der Waals surface area contributed by atoms with E-state index in [0.29, 0.717) is 17.8 Å². The molecule has 0 radical (unpaired) electrons. The highest BCUT2D eigenvalue weighted by atomic mass is 32.2. The van der Waals surface area contributed by atoms with Gasteiger partial charge in [0.05, 0.1) is 6.26 Å². The number of amides is 1. The fourth-order valence-electron chi connectivity index (χ4n) is 2.54. The van der Waals surface area contributed by atoms with Crippen LogP contribution in [-0.4, -0.2) is 25.7 Å². The molecule has 1 heterocycles. The molecule has 0 atom stereocenters. The number of nitrogens with one attached hydrogen (secondary N) is 2. The summed E-state index contributed by atoms with van der Waals surface area (Å²) in [5, 5.41) is 6.76. The fourth-order valence-corrected chi connectivity index (χ4v) is 2.97. The number of hydrogen-bond donors (Lipinski definition) is 2. The Morgan fingerprint density at radius 3 is 2.44 bits per heavy atom. The van der Waals surface area contributed by atoms with Crippen LogP contribution >= 0.6 is 0 Å². The molecule has 2 aromatic carbocycles. The highest BCUT2D eigenvalue weighted by Crippen LogP contribution is 2.21. The molecule has 27 heavy (non-hydrogen) atoms. The SMILES string of the molecule is CS(=O)(=O)NCc1cccc(CNC(=O)c2conc2-c2ccccc2)c1. The van der Waals surface area contributed by atoms with Gasteiger partial charge in [-0.2, -0.15) is 0 Å². The van der Waals surface area contributed by atoms with Gasteiger partial charge in [-0.15, -0.1) is 0 Å². The van der Waals surface area contributed by atoms with E-state index in [-0.39, 0.29) is 12.5 Å². The second-order valence-electron chi connectivity index (χ2n) is 6.04. The first kappa shape index (κ1) is 18.8. The Balaban J connectivity index is 1.66. The van der Waals surface area contributed by atoms with Gasteiger partial charge in [-0.25, -0.2) is 13.1 Å². The molecule has 3 aromatic rings. The molecule has 0 aliphatic rings. The molecule has 0 saturated heterocycles. The third-order valence-corrected chi connectivity index (χ3v) is 4.51. The molecule has 3 rings (SSSR count). The van der Waals surface area contributed by atoms with Crippen LogP contribution in [0.3, 0.4) is 0 Å². The number of aromatic nitrogens is 1. The average Bonchev–Trinajstić information content (AvgIpc) is 3.15. The molecule has 8 heteroatoms. The van der Waals surface area contributed by atoms with E-state index in [0.717, 1.165) is 22.9 Å². The van der Waals surface area contributed by atoms with Crippen molar-refractivity contribution in [2.24, 2.45) is 0 Å². The van der Waals surface area contributed by atoms with Crippen molar-refractivity contribution in [1.29, 1.82) is 0 Å². The van der Waals surface area contributed by atoms with E-state index in [2.05, 4.69) is 15.2 Å². The number of rotatable bonds is 7. The van der Waals surface area contributed by atoms with Gasteiger partial charge in [0.2, 0.25) is 10.0 Å². The van der Waals surface area contributed by atoms with Crippen LogP contribution in [0.2, 0.25) is 0 Å². The van der Waals surface area contributed by atoms with Gasteiger partial charge in [-0.3, -0.25) is 4.79 Å². The molecule has 0 aliphatic carbocycles. The van der Waals surface area contributed by atoms with Crippen LogP contribution in [0, 0.1) is 0 Å². The van der Waals surface area contributed by atoms with Gasteiger partial charge in [-0.05, 0) is 11.1 Å². The molecule has 0 bridgehead atoms. The van der Waals surface area contributed by atoms with Gasteiger partial charge >= 0.3 is 0 Å². The third-order valence-electron chi connectivity index (χ3n) is 3.84. The van der Waals surface area contributed by atoms with Gasteiger partial charge in [0, 0.05) is 18.7 Å². The quantitative estimate of drug-likeness (QED) is 0.650. The van der Waals surface area contributed by atoms with Gasteiger partial charge in [0.25, 0.3) is 5.91 Å². The lowest BCUT2D eigenvalue weighted by Gasteiger charge is -2.08. The Bertz CT molecular complexity index is 1030. The Morgan fingerprint density at radius 1 is 1.04 bits per heavy atom. The van der Waals surface area contributed by atoms with E-state index < -0.39 is 10.0 Å². The monoisotopic (exact) mass is 385 g/mol. The van der Waals surface area contributed by atoms with E-state index >= 15 is 0 Å². The molecule has 2 N–H and O–H groups in total.